The zero-order valence-corrected chi connectivity index (χ0v) is 16.9. The fourth-order valence-electron chi connectivity index (χ4n) is 3.54. The smallest absolute Gasteiger partial charge is 0.229 e. The van der Waals surface area contributed by atoms with E-state index in [9.17, 15) is 13.2 Å². The predicted molar refractivity (Wildman–Crippen MR) is 105 cm³/mol. The van der Waals surface area contributed by atoms with Crippen LogP contribution >= 0.6 is 11.3 Å². The van der Waals surface area contributed by atoms with Crippen LogP contribution in [0.25, 0.3) is 0 Å². The number of hydrogen-bond acceptors (Lipinski definition) is 5. The lowest BCUT2D eigenvalue weighted by Gasteiger charge is -2.48. The number of nitrogens with zero attached hydrogens (tertiary/aromatic N) is 2. The van der Waals surface area contributed by atoms with Crippen LogP contribution in [0.15, 0.2) is 35.7 Å². The average molecular weight is 406 g/mol. The predicted octanol–water partition coefficient (Wildman–Crippen LogP) is 2.10. The molecule has 1 aromatic heterocycles. The van der Waals surface area contributed by atoms with E-state index in [0.717, 1.165) is 29.1 Å². The molecular formula is C19H23N3O3S2. The molecule has 6 nitrogen and oxygen atoms in total. The molecule has 2 heterocycles. The molecule has 0 atom stereocenters. The molecule has 27 heavy (non-hydrogen) atoms. The van der Waals surface area contributed by atoms with Gasteiger partial charge < -0.3 is 5.32 Å². The van der Waals surface area contributed by atoms with Gasteiger partial charge in [0.05, 0.1) is 17.2 Å². The molecule has 2 aromatic rings. The Morgan fingerprint density at radius 3 is 2.59 bits per heavy atom. The van der Waals surface area contributed by atoms with E-state index in [1.807, 2.05) is 42.6 Å². The van der Waals surface area contributed by atoms with Crippen molar-refractivity contribution in [1.29, 1.82) is 0 Å². The van der Waals surface area contributed by atoms with Crippen LogP contribution in [0.2, 0.25) is 0 Å². The summed E-state index contributed by atoms with van der Waals surface area (Å²) in [6.07, 6.45) is 2.01. The molecule has 1 saturated carbocycles. The van der Waals surface area contributed by atoms with Crippen molar-refractivity contribution in [3.05, 3.63) is 52.0 Å². The number of nitrogens with one attached hydrogen (secondary N) is 1. The van der Waals surface area contributed by atoms with Gasteiger partial charge in [0.15, 0.2) is 0 Å². The van der Waals surface area contributed by atoms with Crippen molar-refractivity contribution in [2.75, 3.05) is 13.1 Å². The summed E-state index contributed by atoms with van der Waals surface area (Å²) in [5, 5.41) is 5.55. The van der Waals surface area contributed by atoms with Crippen molar-refractivity contribution in [2.45, 2.75) is 38.0 Å². The van der Waals surface area contributed by atoms with Crippen molar-refractivity contribution < 1.29 is 13.2 Å². The van der Waals surface area contributed by atoms with Gasteiger partial charge in [0.25, 0.3) is 0 Å². The molecule has 0 spiro atoms. The van der Waals surface area contributed by atoms with Crippen LogP contribution in [0.5, 0.6) is 0 Å². The highest BCUT2D eigenvalue weighted by atomic mass is 32.2. The van der Waals surface area contributed by atoms with E-state index in [1.54, 1.807) is 0 Å². The van der Waals surface area contributed by atoms with Gasteiger partial charge in [0.1, 0.15) is 5.01 Å². The lowest BCUT2D eigenvalue weighted by Crippen LogP contribution is -2.65. The highest BCUT2D eigenvalue weighted by Crippen LogP contribution is 2.41. The first kappa shape index (κ1) is 18.6. The largest absolute Gasteiger partial charge is 0.349 e. The number of amides is 1. The number of carbonyl (C=O) groups is 1. The molecule has 144 valence electrons. The molecule has 2 aliphatic rings. The normalized spacial score (nSPS) is 19.4. The molecule has 1 saturated heterocycles. The molecular weight excluding hydrogens is 382 g/mol. The topological polar surface area (TPSA) is 79.4 Å². The van der Waals surface area contributed by atoms with Crippen LogP contribution in [0, 0.1) is 12.3 Å². The van der Waals surface area contributed by atoms with Gasteiger partial charge in [0, 0.05) is 24.2 Å². The molecule has 2 fully saturated rings. The maximum absolute atomic E-state index is 13.0. The third-order valence-electron chi connectivity index (χ3n) is 5.20. The summed E-state index contributed by atoms with van der Waals surface area (Å²) in [4.78, 5) is 17.4. The fraction of sp³-hybridized carbons (Fsp3) is 0.474. The van der Waals surface area contributed by atoms with Gasteiger partial charge in [-0.1, -0.05) is 30.3 Å². The number of rotatable bonds is 7. The zero-order chi connectivity index (χ0) is 19.1. The SMILES string of the molecule is Cc1csc(CNC(=O)C2(Cc3ccccc3)CN(S(=O)(=O)C3CC3)C2)n1. The molecule has 4 rings (SSSR count). The Kier molecular flexibility index (Phi) is 4.82. The van der Waals surface area contributed by atoms with Gasteiger partial charge in [-0.15, -0.1) is 11.3 Å². The average Bonchev–Trinajstić information content (AvgIpc) is 3.40. The monoisotopic (exact) mass is 405 g/mol. The lowest BCUT2D eigenvalue weighted by atomic mass is 9.75. The molecule has 1 N–H and O–H groups in total. The third-order valence-corrected chi connectivity index (χ3v) is 8.46. The Balaban J connectivity index is 1.49. The highest BCUT2D eigenvalue weighted by Gasteiger charge is 2.55. The van der Waals surface area contributed by atoms with Gasteiger partial charge in [-0.3, -0.25) is 4.79 Å². The van der Waals surface area contributed by atoms with Crippen molar-refractivity contribution >= 4 is 27.3 Å². The molecule has 1 aliphatic carbocycles. The minimum atomic E-state index is -3.25. The van der Waals surface area contributed by atoms with E-state index < -0.39 is 15.4 Å². The summed E-state index contributed by atoms with van der Waals surface area (Å²) < 4.78 is 26.5. The second-order valence-electron chi connectivity index (χ2n) is 7.52. The van der Waals surface area contributed by atoms with Crippen LogP contribution in [0.3, 0.4) is 0 Å². The van der Waals surface area contributed by atoms with E-state index in [4.69, 9.17) is 0 Å². The molecule has 0 bridgehead atoms. The molecule has 1 aromatic carbocycles. The van der Waals surface area contributed by atoms with Crippen LogP contribution in [-0.4, -0.2) is 42.0 Å². The van der Waals surface area contributed by atoms with E-state index in [0.29, 0.717) is 13.0 Å². The summed E-state index contributed by atoms with van der Waals surface area (Å²) in [6, 6.07) is 9.79. The number of benzene rings is 1. The Morgan fingerprint density at radius 1 is 1.30 bits per heavy atom. The number of aryl methyl sites for hydroxylation is 1. The molecule has 8 heteroatoms. The molecule has 0 unspecified atom stereocenters. The Hall–Kier alpha value is -1.77. The van der Waals surface area contributed by atoms with Gasteiger partial charge in [-0.25, -0.2) is 13.4 Å². The molecule has 0 radical (unpaired) electrons. The fourth-order valence-corrected chi connectivity index (χ4v) is 6.25. The lowest BCUT2D eigenvalue weighted by molar-refractivity contribution is -0.137. The van der Waals surface area contributed by atoms with Gasteiger partial charge in [-0.2, -0.15) is 4.31 Å². The van der Waals surface area contributed by atoms with Crippen LogP contribution in [0.4, 0.5) is 0 Å². The quantitative estimate of drug-likeness (QED) is 0.765. The first-order valence-corrected chi connectivity index (χ1v) is 11.5. The minimum absolute atomic E-state index is 0.0959. The summed E-state index contributed by atoms with van der Waals surface area (Å²) in [5.74, 6) is -0.0959. The number of sulfonamides is 1. The van der Waals surface area contributed by atoms with Crippen LogP contribution < -0.4 is 5.32 Å². The number of aromatic nitrogens is 1. The second-order valence-corrected chi connectivity index (χ2v) is 10.7. The van der Waals surface area contributed by atoms with E-state index in [2.05, 4.69) is 10.3 Å². The van der Waals surface area contributed by atoms with Gasteiger partial charge >= 0.3 is 0 Å². The summed E-state index contributed by atoms with van der Waals surface area (Å²) in [5.41, 5.74) is 1.27. The number of carbonyl (C=O) groups excluding carboxylic acids is 1. The molecule has 1 aliphatic heterocycles. The first-order chi connectivity index (χ1) is 12.9. The standard InChI is InChI=1S/C19H23N3O3S2/c1-14-11-26-17(21-14)10-20-18(23)19(9-15-5-3-2-4-6-15)12-22(13-19)27(24,25)16-7-8-16/h2-6,11,16H,7-10,12-13H2,1H3,(H,20,23). The molecule has 1 amide bonds. The Bertz CT molecular complexity index is 930. The van der Waals surface area contributed by atoms with Crippen molar-refractivity contribution in [3.63, 3.8) is 0 Å². The van der Waals surface area contributed by atoms with Crippen molar-refractivity contribution in [3.8, 4) is 0 Å². The van der Waals surface area contributed by atoms with Gasteiger partial charge in [-0.05, 0) is 31.7 Å². The second kappa shape index (κ2) is 7.00. The summed E-state index contributed by atoms with van der Waals surface area (Å²) in [7, 11) is -3.25. The third kappa shape index (κ3) is 3.79. The van der Waals surface area contributed by atoms with E-state index in [1.165, 1.54) is 15.6 Å². The Morgan fingerprint density at radius 2 is 2.00 bits per heavy atom. The number of hydrogen-bond donors (Lipinski definition) is 1. The van der Waals surface area contributed by atoms with E-state index >= 15 is 0 Å². The summed E-state index contributed by atoms with van der Waals surface area (Å²) >= 11 is 1.52. The zero-order valence-electron chi connectivity index (χ0n) is 15.2. The number of thiazole rings is 1. The van der Waals surface area contributed by atoms with Gasteiger partial charge in [0.2, 0.25) is 15.9 Å². The first-order valence-electron chi connectivity index (χ1n) is 9.11. The van der Waals surface area contributed by atoms with Crippen molar-refractivity contribution in [1.82, 2.24) is 14.6 Å². The van der Waals surface area contributed by atoms with Crippen LogP contribution in [-0.2, 0) is 27.8 Å². The highest BCUT2D eigenvalue weighted by molar-refractivity contribution is 7.90. The van der Waals surface area contributed by atoms with Crippen LogP contribution in [0.1, 0.15) is 29.1 Å². The Labute approximate surface area is 163 Å². The van der Waals surface area contributed by atoms with Crippen molar-refractivity contribution in [2.24, 2.45) is 5.41 Å². The minimum Gasteiger partial charge on any atom is -0.349 e. The maximum atomic E-state index is 13.0. The van der Waals surface area contributed by atoms with E-state index in [-0.39, 0.29) is 24.2 Å². The summed E-state index contributed by atoms with van der Waals surface area (Å²) in [6.45, 7) is 2.81. The maximum Gasteiger partial charge on any atom is 0.229 e.